The van der Waals surface area contributed by atoms with Gasteiger partial charge in [0, 0.05) is 59.4 Å². The zero-order valence-corrected chi connectivity index (χ0v) is 57.2. The molecule has 0 aliphatic carbocycles. The van der Waals surface area contributed by atoms with Gasteiger partial charge in [-0.15, -0.1) is 22.7 Å². The highest BCUT2D eigenvalue weighted by Crippen LogP contribution is 2.48. The fourth-order valence-corrected chi connectivity index (χ4v) is 15.9. The number of benzene rings is 12. The number of pyridine rings is 4. The van der Waals surface area contributed by atoms with Crippen molar-refractivity contribution in [3.8, 4) is 133 Å². The molecule has 0 aliphatic heterocycles. The first-order chi connectivity index (χ1) is 51.6. The monoisotopic (exact) mass is 1370 g/mol. The highest BCUT2D eigenvalue weighted by Gasteiger charge is 2.22. The summed E-state index contributed by atoms with van der Waals surface area (Å²) in [7, 11) is 0. The van der Waals surface area contributed by atoms with Crippen LogP contribution in [0.2, 0.25) is 0 Å². The Labute approximate surface area is 605 Å². The van der Waals surface area contributed by atoms with E-state index >= 15 is 0 Å². The number of hydrogen-bond donors (Lipinski definition) is 0. The van der Waals surface area contributed by atoms with Gasteiger partial charge in [-0.05, 0) is 168 Å². The van der Waals surface area contributed by atoms with Crippen molar-refractivity contribution in [2.24, 2.45) is 0 Å². The Balaban J connectivity index is 0.000000143. The maximum absolute atomic E-state index is 5.54. The van der Waals surface area contributed by atoms with E-state index in [4.69, 9.17) is 28.8 Å². The van der Waals surface area contributed by atoms with Crippen LogP contribution in [0, 0.1) is 0 Å². The van der Waals surface area contributed by atoms with E-state index in [0.717, 1.165) is 104 Å². The molecule has 0 bridgehead atoms. The molecule has 8 heterocycles. The van der Waals surface area contributed by atoms with Crippen LogP contribution in [0.5, 0.6) is 0 Å². The van der Waals surface area contributed by atoms with Crippen molar-refractivity contribution in [3.05, 3.63) is 340 Å². The van der Waals surface area contributed by atoms with Gasteiger partial charge in [-0.25, -0.2) is 9.97 Å². The molecule has 488 valence electrons. The molecule has 0 spiro atoms. The van der Waals surface area contributed by atoms with E-state index in [1.54, 1.807) is 35.1 Å². The molecule has 0 N–H and O–H groups in total. The van der Waals surface area contributed by atoms with Gasteiger partial charge in [-0.3, -0.25) is 29.9 Å². The molecule has 20 rings (SSSR count). The Hall–Kier alpha value is -13.5. The standard InChI is InChI=1S/C46H28N4O2.C46H28N4S2/c2*1-2-8-35-30(6-1)7-5-11-36(35)31-14-12-29(13-15-31)32-16-19-39-40(22-32)46(34-18-21-42(50-24-34)44-26-48-28-52-44)38-10-4-3-9-37(38)45(39)33-17-20-41(49-23-33)43-25-47-27-51-43/h2*1-28H. The zero-order chi connectivity index (χ0) is 68.9. The van der Waals surface area contributed by atoms with Gasteiger partial charge in [-0.2, -0.15) is 0 Å². The number of aromatic nitrogens is 8. The van der Waals surface area contributed by atoms with Crippen LogP contribution in [0.3, 0.4) is 0 Å². The molecule has 0 amide bonds. The number of rotatable bonds is 12. The molecule has 0 unspecified atom stereocenters. The Morgan fingerprint density at radius 2 is 0.538 bits per heavy atom. The van der Waals surface area contributed by atoms with Crippen molar-refractivity contribution in [3.63, 3.8) is 0 Å². The van der Waals surface area contributed by atoms with Crippen LogP contribution in [0.25, 0.3) is 198 Å². The van der Waals surface area contributed by atoms with E-state index in [0.29, 0.717) is 11.5 Å². The third-order valence-electron chi connectivity index (χ3n) is 19.6. The van der Waals surface area contributed by atoms with Gasteiger partial charge in [0.1, 0.15) is 11.4 Å². The fourth-order valence-electron chi connectivity index (χ4n) is 14.7. The predicted octanol–water partition coefficient (Wildman–Crippen LogP) is 24.8. The molecule has 0 atom stereocenters. The summed E-state index contributed by atoms with van der Waals surface area (Å²) < 4.78 is 11.1. The van der Waals surface area contributed by atoms with Crippen molar-refractivity contribution in [1.82, 2.24) is 39.9 Å². The summed E-state index contributed by atoms with van der Waals surface area (Å²) in [4.78, 5) is 38.2. The van der Waals surface area contributed by atoms with Gasteiger partial charge in [0.05, 0.1) is 44.6 Å². The van der Waals surface area contributed by atoms with E-state index in [-0.39, 0.29) is 0 Å². The third kappa shape index (κ3) is 11.3. The molecule has 12 heteroatoms. The Bertz CT molecular complexity index is 6120. The van der Waals surface area contributed by atoms with Crippen molar-refractivity contribution < 1.29 is 8.83 Å². The van der Waals surface area contributed by atoms with Gasteiger partial charge < -0.3 is 8.83 Å². The van der Waals surface area contributed by atoms with Crippen molar-refractivity contribution in [2.75, 3.05) is 0 Å². The molecule has 10 nitrogen and oxygen atoms in total. The quantitative estimate of drug-likeness (QED) is 0.109. The van der Waals surface area contributed by atoms with Crippen LogP contribution >= 0.6 is 22.7 Å². The number of fused-ring (bicyclic) bond motifs is 6. The minimum absolute atomic E-state index is 0.632. The molecule has 0 aliphatic rings. The first-order valence-corrected chi connectivity index (χ1v) is 35.9. The number of nitrogens with zero attached hydrogens (tertiary/aromatic N) is 8. The van der Waals surface area contributed by atoms with Crippen LogP contribution in [0.1, 0.15) is 0 Å². The first-order valence-electron chi connectivity index (χ1n) is 34.1. The van der Waals surface area contributed by atoms with Gasteiger partial charge in [0.15, 0.2) is 24.3 Å². The molecule has 0 radical (unpaired) electrons. The van der Waals surface area contributed by atoms with Crippen molar-refractivity contribution >= 4 is 87.3 Å². The summed E-state index contributed by atoms with van der Waals surface area (Å²) in [5.74, 6) is 1.26. The lowest BCUT2D eigenvalue weighted by molar-refractivity contribution is 0.569. The van der Waals surface area contributed by atoms with Crippen molar-refractivity contribution in [2.45, 2.75) is 0 Å². The van der Waals surface area contributed by atoms with E-state index in [1.165, 1.54) is 94.8 Å². The molecule has 104 heavy (non-hydrogen) atoms. The summed E-state index contributed by atoms with van der Waals surface area (Å²) >= 11 is 3.20. The highest BCUT2D eigenvalue weighted by atomic mass is 32.1. The smallest absolute Gasteiger partial charge is 0.181 e. The fraction of sp³-hybridized carbons (Fsp3) is 0. The Kier molecular flexibility index (Phi) is 15.7. The maximum Gasteiger partial charge on any atom is 0.181 e. The minimum Gasteiger partial charge on any atom is -0.442 e. The summed E-state index contributed by atoms with van der Waals surface area (Å²) in [6.45, 7) is 0. The molecular weight excluding hydrogens is 1310 g/mol. The van der Waals surface area contributed by atoms with Gasteiger partial charge in [-0.1, -0.05) is 231 Å². The van der Waals surface area contributed by atoms with E-state index in [9.17, 15) is 0 Å². The number of oxazole rings is 2. The SMILES string of the molecule is c1ccc2c(-c3ccc(-c4ccc5c(-c6ccc(-c7cnco7)nc6)c6ccccc6c(-c6ccc(-c7cnco7)nc6)c5c4)cc3)cccc2c1.c1ccc2c(-c3ccc(-c4ccc5c(-c6ccc(-c7cncs7)nc6)c6ccccc6c(-c6ccc(-c7cncs7)nc6)c5c4)cc3)cccc2c1. The van der Waals surface area contributed by atoms with E-state index < -0.39 is 0 Å². The van der Waals surface area contributed by atoms with Crippen LogP contribution < -0.4 is 0 Å². The Morgan fingerprint density at radius 1 is 0.221 bits per heavy atom. The normalized spacial score (nSPS) is 11.5. The lowest BCUT2D eigenvalue weighted by Crippen LogP contribution is -1.93. The van der Waals surface area contributed by atoms with Crippen LogP contribution in [0.15, 0.2) is 349 Å². The third-order valence-corrected chi connectivity index (χ3v) is 21.2. The predicted molar refractivity (Wildman–Crippen MR) is 426 cm³/mol. The average Bonchev–Trinajstić information content (AvgIpc) is 0.881. The lowest BCUT2D eigenvalue weighted by atomic mass is 9.85. The van der Waals surface area contributed by atoms with E-state index in [2.05, 4.69) is 275 Å². The summed E-state index contributed by atoms with van der Waals surface area (Å²) in [6.07, 6.45) is 17.8. The van der Waals surface area contributed by atoms with Gasteiger partial charge in [0.2, 0.25) is 0 Å². The second-order valence-corrected chi connectivity index (χ2v) is 27.3. The molecule has 0 saturated heterocycles. The number of thiazole rings is 2. The second kappa shape index (κ2) is 26.5. The summed E-state index contributed by atoms with van der Waals surface area (Å²) in [5, 5.41) is 14.2. The van der Waals surface area contributed by atoms with Crippen molar-refractivity contribution in [1.29, 1.82) is 0 Å². The van der Waals surface area contributed by atoms with Gasteiger partial charge in [0.25, 0.3) is 0 Å². The zero-order valence-electron chi connectivity index (χ0n) is 55.5. The topological polar surface area (TPSA) is 129 Å². The molecule has 12 aromatic carbocycles. The second-order valence-electron chi connectivity index (χ2n) is 25.5. The Morgan fingerprint density at radius 3 is 0.885 bits per heavy atom. The minimum atomic E-state index is 0.632. The molecule has 0 fully saturated rings. The largest absolute Gasteiger partial charge is 0.442 e. The van der Waals surface area contributed by atoms with E-state index in [1.807, 2.05) is 60.3 Å². The average molecular weight is 1370 g/mol. The number of hydrogen-bond acceptors (Lipinski definition) is 12. The first kappa shape index (κ1) is 61.6. The van der Waals surface area contributed by atoms with Gasteiger partial charge >= 0.3 is 0 Å². The molecule has 20 aromatic rings. The lowest BCUT2D eigenvalue weighted by Gasteiger charge is -2.19. The van der Waals surface area contributed by atoms with Crippen LogP contribution in [-0.2, 0) is 0 Å². The molecule has 0 saturated carbocycles. The molecular formula is C92H56N8O2S2. The van der Waals surface area contributed by atoms with Crippen LogP contribution in [-0.4, -0.2) is 39.9 Å². The van der Waals surface area contributed by atoms with Crippen LogP contribution in [0.4, 0.5) is 0 Å². The highest BCUT2D eigenvalue weighted by molar-refractivity contribution is 7.13. The summed E-state index contributed by atoms with van der Waals surface area (Å²) in [5.41, 5.74) is 25.2. The summed E-state index contributed by atoms with van der Waals surface area (Å²) in [6, 6.07) is 95.7. The maximum atomic E-state index is 5.54. The molecule has 8 aromatic heterocycles.